The van der Waals surface area contributed by atoms with E-state index >= 15 is 0 Å². The number of halogens is 7. The maximum absolute atomic E-state index is 11.7. The van der Waals surface area contributed by atoms with Crippen LogP contribution in [0, 0.1) is 14.4 Å². The molecule has 0 saturated heterocycles. The third-order valence-corrected chi connectivity index (χ3v) is 0.899. The fourth-order valence-corrected chi connectivity index (χ4v) is 0.161. The first-order valence-corrected chi connectivity index (χ1v) is 2.18. The number of alkyl halides is 7. The molecular formula is C5H5F7Zn. The fourth-order valence-electron chi connectivity index (χ4n) is 0.161. The van der Waals surface area contributed by atoms with Gasteiger partial charge in [-0.3, -0.25) is 11.3 Å². The molecule has 0 aliphatic heterocycles. The van der Waals surface area contributed by atoms with E-state index in [1.165, 1.54) is 6.92 Å². The van der Waals surface area contributed by atoms with Crippen LogP contribution < -0.4 is 0 Å². The van der Waals surface area contributed by atoms with Crippen LogP contribution in [0.5, 0.6) is 0 Å². The van der Waals surface area contributed by atoms with Crippen LogP contribution >= 0.6 is 0 Å². The zero-order valence-corrected chi connectivity index (χ0v) is 9.53. The van der Waals surface area contributed by atoms with Crippen LogP contribution in [0.3, 0.4) is 0 Å². The molecule has 0 aromatic rings. The van der Waals surface area contributed by atoms with E-state index < -0.39 is 18.0 Å². The van der Waals surface area contributed by atoms with E-state index in [1.54, 1.807) is 0 Å². The molecule has 13 heavy (non-hydrogen) atoms. The smallest absolute Gasteiger partial charge is 0.358 e. The first-order chi connectivity index (χ1) is 4.50. The zero-order valence-electron chi connectivity index (χ0n) is 6.56. The molecule has 0 rings (SSSR count). The Morgan fingerprint density at radius 1 is 0.692 bits per heavy atom. The Morgan fingerprint density at radius 2 is 0.846 bits per heavy atom. The van der Waals surface area contributed by atoms with Gasteiger partial charge in [-0.25, -0.2) is 0 Å². The van der Waals surface area contributed by atoms with Gasteiger partial charge in [0.25, 0.3) is 0 Å². The topological polar surface area (TPSA) is 0 Å². The summed E-state index contributed by atoms with van der Waals surface area (Å²) in [6.07, 6.45) is -12.0. The third kappa shape index (κ3) is 3.79. The van der Waals surface area contributed by atoms with Gasteiger partial charge in [0.15, 0.2) is 5.67 Å². The number of rotatable bonds is 0. The van der Waals surface area contributed by atoms with Crippen LogP contribution in [0.1, 0.15) is 0 Å². The van der Waals surface area contributed by atoms with Gasteiger partial charge in [0, 0.05) is 0 Å². The summed E-state index contributed by atoms with van der Waals surface area (Å²) >= 11 is 0. The molecule has 0 fully saturated rings. The van der Waals surface area contributed by atoms with Crippen LogP contribution in [-0.2, 0) is 19.5 Å². The molecule has 0 nitrogen and oxygen atoms in total. The third-order valence-electron chi connectivity index (χ3n) is 0.899. The second-order valence-electron chi connectivity index (χ2n) is 1.80. The predicted molar refractivity (Wildman–Crippen MR) is 27.7 cm³/mol. The standard InChI is InChI=1S/C4H2F7.CH3.Zn/c1-2(5,3(6,7)8)4(9,10)11;;/h1H2;1H3;/q2*-1;+2. The summed E-state index contributed by atoms with van der Waals surface area (Å²) in [6.45, 7) is 1.40. The maximum atomic E-state index is 11.7. The molecule has 0 heterocycles. The molecule has 8 heteroatoms. The minimum atomic E-state index is -6.02. The molecule has 0 bridgehead atoms. The van der Waals surface area contributed by atoms with E-state index in [0.29, 0.717) is 0 Å². The maximum Gasteiger partial charge on any atom is 2.00 e. The Labute approximate surface area is 83.2 Å². The Morgan fingerprint density at radius 3 is 0.846 bits per heavy atom. The van der Waals surface area contributed by atoms with Crippen molar-refractivity contribution in [2.75, 3.05) is 0 Å². The molecule has 0 N–H and O–H groups in total. The van der Waals surface area contributed by atoms with E-state index in [4.69, 9.17) is 0 Å². The molecule has 0 saturated carbocycles. The van der Waals surface area contributed by atoms with Crippen molar-refractivity contribution in [3.8, 4) is 0 Å². The quantitative estimate of drug-likeness (QED) is 0.358. The monoisotopic (exact) mass is 262 g/mol. The predicted octanol–water partition coefficient (Wildman–Crippen LogP) is 3.10. The van der Waals surface area contributed by atoms with Gasteiger partial charge in [-0.1, -0.05) is 0 Å². The first kappa shape index (κ1) is 18.8. The van der Waals surface area contributed by atoms with E-state index in [9.17, 15) is 30.7 Å². The molecular weight excluding hydrogens is 258 g/mol. The van der Waals surface area contributed by atoms with Crippen LogP contribution in [0.2, 0.25) is 0 Å². The van der Waals surface area contributed by atoms with Crippen LogP contribution in [-0.4, -0.2) is 18.0 Å². The van der Waals surface area contributed by atoms with Gasteiger partial charge in [0.1, 0.15) is 0 Å². The van der Waals surface area contributed by atoms with Crippen molar-refractivity contribution < 1.29 is 50.2 Å². The van der Waals surface area contributed by atoms with Crippen molar-refractivity contribution in [1.82, 2.24) is 0 Å². The fraction of sp³-hybridized carbons (Fsp3) is 0.600. The number of hydrogen-bond acceptors (Lipinski definition) is 0. The average molecular weight is 263 g/mol. The zero-order chi connectivity index (χ0) is 9.50. The van der Waals surface area contributed by atoms with Crippen molar-refractivity contribution in [2.45, 2.75) is 18.0 Å². The van der Waals surface area contributed by atoms with E-state index in [1.807, 2.05) is 0 Å². The van der Waals surface area contributed by atoms with E-state index in [2.05, 4.69) is 0 Å². The van der Waals surface area contributed by atoms with Crippen molar-refractivity contribution in [3.63, 3.8) is 0 Å². The molecule has 0 aliphatic rings. The van der Waals surface area contributed by atoms with Gasteiger partial charge in [0.05, 0.1) is 0 Å². The van der Waals surface area contributed by atoms with Crippen LogP contribution in [0.15, 0.2) is 0 Å². The summed E-state index contributed by atoms with van der Waals surface area (Å²) < 4.78 is 78.8. The Kier molecular flexibility index (Phi) is 6.62. The minimum absolute atomic E-state index is 0. The van der Waals surface area contributed by atoms with Crippen molar-refractivity contribution in [1.29, 1.82) is 0 Å². The van der Waals surface area contributed by atoms with Crippen LogP contribution in [0.4, 0.5) is 30.7 Å². The Balaban J connectivity index is -0.000000500. The van der Waals surface area contributed by atoms with Crippen LogP contribution in [0.25, 0.3) is 0 Å². The summed E-state index contributed by atoms with van der Waals surface area (Å²) in [5.41, 5.74) is -5.38. The van der Waals surface area contributed by atoms with Gasteiger partial charge >= 0.3 is 31.8 Å². The first-order valence-electron chi connectivity index (χ1n) is 2.18. The Bertz CT molecular complexity index is 128. The normalized spacial score (nSPS) is 12.9. The molecule has 0 aromatic carbocycles. The van der Waals surface area contributed by atoms with Crippen molar-refractivity contribution in [3.05, 3.63) is 14.4 Å². The molecule has 0 atom stereocenters. The van der Waals surface area contributed by atoms with Crippen molar-refractivity contribution in [2.24, 2.45) is 0 Å². The molecule has 0 spiro atoms. The molecule has 0 aromatic heterocycles. The SMILES string of the molecule is [CH2-]C(F)(C(F)(F)F)C(F)(F)F.[CH3-].[Zn+2]. The van der Waals surface area contributed by atoms with Gasteiger partial charge in [-0.05, 0) is 0 Å². The molecule has 0 radical (unpaired) electrons. The second-order valence-corrected chi connectivity index (χ2v) is 1.80. The largest absolute Gasteiger partial charge is 2.00 e. The van der Waals surface area contributed by atoms with E-state index in [0.717, 1.165) is 0 Å². The summed E-state index contributed by atoms with van der Waals surface area (Å²) in [5, 5.41) is 0. The average Bonchev–Trinajstić information content (AvgIpc) is 1.58. The molecule has 76 valence electrons. The Hall–Kier alpha value is 0.133. The van der Waals surface area contributed by atoms with Gasteiger partial charge < -0.3 is 7.43 Å². The van der Waals surface area contributed by atoms with Crippen molar-refractivity contribution >= 4 is 0 Å². The molecule has 0 amide bonds. The van der Waals surface area contributed by atoms with Gasteiger partial charge in [-0.2, -0.15) is 26.3 Å². The second kappa shape index (κ2) is 4.57. The summed E-state index contributed by atoms with van der Waals surface area (Å²) in [5.74, 6) is 0. The molecule has 0 aliphatic carbocycles. The molecule has 0 unspecified atom stereocenters. The summed E-state index contributed by atoms with van der Waals surface area (Å²) in [6, 6.07) is 0. The summed E-state index contributed by atoms with van der Waals surface area (Å²) in [7, 11) is 0. The van der Waals surface area contributed by atoms with E-state index in [-0.39, 0.29) is 26.9 Å². The van der Waals surface area contributed by atoms with Gasteiger partial charge in [-0.15, -0.1) is 0 Å². The van der Waals surface area contributed by atoms with Gasteiger partial charge in [0.2, 0.25) is 0 Å². The minimum Gasteiger partial charge on any atom is -0.358 e. The number of hydrogen-bond donors (Lipinski definition) is 0. The summed E-state index contributed by atoms with van der Waals surface area (Å²) in [4.78, 5) is 0.